The Morgan fingerprint density at radius 2 is 2.10 bits per heavy atom. The van der Waals surface area contributed by atoms with E-state index in [1.165, 1.54) is 19.3 Å². The van der Waals surface area contributed by atoms with Crippen LogP contribution in [-0.4, -0.2) is 54.5 Å². The number of aromatic nitrogens is 2. The molecular formula is C15H26N4O2. The molecule has 118 valence electrons. The molecule has 6 nitrogen and oxygen atoms in total. The normalized spacial score (nSPS) is 17.0. The number of aliphatic hydroxyl groups is 1. The zero-order valence-electron chi connectivity index (χ0n) is 13.0. The number of nitrogens with one attached hydrogen (secondary N) is 1. The summed E-state index contributed by atoms with van der Waals surface area (Å²) in [6.45, 7) is 5.56. The molecule has 0 radical (unpaired) electrons. The summed E-state index contributed by atoms with van der Waals surface area (Å²) in [6.07, 6.45) is 3.25. The van der Waals surface area contributed by atoms with Crippen molar-refractivity contribution in [3.05, 3.63) is 17.5 Å². The van der Waals surface area contributed by atoms with E-state index >= 15 is 0 Å². The minimum atomic E-state index is -0.487. The molecule has 0 amide bonds. The number of anilines is 1. The van der Waals surface area contributed by atoms with Crippen LogP contribution in [0.15, 0.2) is 6.07 Å². The molecule has 1 atom stereocenters. The maximum Gasteiger partial charge on any atom is 0.225 e. The standard InChI is InChI=1S/C15H26N4O2/c1-12-8-13(9-16-10-14(20)11-21-2)18-15(17-12)19-6-4-3-5-7-19/h8,14,16,20H,3-7,9-11H2,1-2H3. The van der Waals surface area contributed by atoms with Gasteiger partial charge in [0.15, 0.2) is 0 Å². The first-order valence-corrected chi connectivity index (χ1v) is 7.66. The number of aryl methyl sites for hydroxylation is 1. The molecule has 1 aromatic rings. The van der Waals surface area contributed by atoms with E-state index in [2.05, 4.69) is 20.2 Å². The molecule has 1 fully saturated rings. The molecule has 1 aliphatic rings. The number of methoxy groups -OCH3 is 1. The fourth-order valence-corrected chi connectivity index (χ4v) is 2.56. The van der Waals surface area contributed by atoms with Gasteiger partial charge in [0, 0.05) is 39.0 Å². The summed E-state index contributed by atoms with van der Waals surface area (Å²) in [4.78, 5) is 11.5. The van der Waals surface area contributed by atoms with Crippen LogP contribution in [0.5, 0.6) is 0 Å². The van der Waals surface area contributed by atoms with Gasteiger partial charge in [0.1, 0.15) is 0 Å². The lowest BCUT2D eigenvalue weighted by atomic mass is 10.1. The van der Waals surface area contributed by atoms with E-state index < -0.39 is 6.10 Å². The highest BCUT2D eigenvalue weighted by molar-refractivity contribution is 5.32. The second-order valence-electron chi connectivity index (χ2n) is 5.59. The zero-order valence-corrected chi connectivity index (χ0v) is 13.0. The molecule has 2 N–H and O–H groups in total. The van der Waals surface area contributed by atoms with E-state index in [1.807, 2.05) is 13.0 Å². The average Bonchev–Trinajstić information content (AvgIpc) is 2.48. The van der Waals surface area contributed by atoms with Crippen molar-refractivity contribution in [2.24, 2.45) is 0 Å². The van der Waals surface area contributed by atoms with Crippen molar-refractivity contribution in [3.8, 4) is 0 Å². The van der Waals surface area contributed by atoms with Crippen LogP contribution in [0.3, 0.4) is 0 Å². The predicted octanol–water partition coefficient (Wildman–Crippen LogP) is 0.872. The molecule has 0 aromatic carbocycles. The largest absolute Gasteiger partial charge is 0.389 e. The first kappa shape index (κ1) is 16.1. The molecule has 2 heterocycles. The Morgan fingerprint density at radius 3 is 2.81 bits per heavy atom. The molecule has 0 saturated carbocycles. The molecule has 1 aliphatic heterocycles. The monoisotopic (exact) mass is 294 g/mol. The summed E-state index contributed by atoms with van der Waals surface area (Å²) in [5, 5.41) is 12.8. The number of ether oxygens (including phenoxy) is 1. The Balaban J connectivity index is 1.91. The van der Waals surface area contributed by atoms with Gasteiger partial charge in [-0.15, -0.1) is 0 Å². The molecule has 1 saturated heterocycles. The lowest BCUT2D eigenvalue weighted by molar-refractivity contribution is 0.0643. The van der Waals surface area contributed by atoms with Crippen molar-refractivity contribution in [1.82, 2.24) is 15.3 Å². The van der Waals surface area contributed by atoms with Gasteiger partial charge in [-0.05, 0) is 32.3 Å². The third-order valence-corrected chi connectivity index (χ3v) is 3.58. The van der Waals surface area contributed by atoms with Crippen molar-refractivity contribution in [2.45, 2.75) is 38.8 Å². The fraction of sp³-hybridized carbons (Fsp3) is 0.733. The van der Waals surface area contributed by atoms with Crippen LogP contribution in [0.1, 0.15) is 30.7 Å². The predicted molar refractivity (Wildman–Crippen MR) is 82.4 cm³/mol. The summed E-state index contributed by atoms with van der Waals surface area (Å²) < 4.78 is 4.90. The Kier molecular flexibility index (Phi) is 6.35. The van der Waals surface area contributed by atoms with Crippen LogP contribution in [0.2, 0.25) is 0 Å². The van der Waals surface area contributed by atoms with Crippen LogP contribution in [-0.2, 0) is 11.3 Å². The Labute approximate surface area is 126 Å². The molecule has 0 aliphatic carbocycles. The van der Waals surface area contributed by atoms with Crippen molar-refractivity contribution in [2.75, 3.05) is 38.3 Å². The van der Waals surface area contributed by atoms with Gasteiger partial charge in [0.25, 0.3) is 0 Å². The van der Waals surface area contributed by atoms with Crippen LogP contribution < -0.4 is 10.2 Å². The van der Waals surface area contributed by atoms with Gasteiger partial charge in [-0.1, -0.05) is 0 Å². The van der Waals surface area contributed by atoms with Crippen molar-refractivity contribution < 1.29 is 9.84 Å². The van der Waals surface area contributed by atoms with Crippen LogP contribution in [0.4, 0.5) is 5.95 Å². The Morgan fingerprint density at radius 1 is 1.33 bits per heavy atom. The number of rotatable bonds is 7. The van der Waals surface area contributed by atoms with Gasteiger partial charge in [-0.3, -0.25) is 0 Å². The number of nitrogens with zero attached hydrogens (tertiary/aromatic N) is 3. The number of aliphatic hydroxyl groups excluding tert-OH is 1. The Bertz CT molecular complexity index is 436. The number of hydrogen-bond donors (Lipinski definition) is 2. The zero-order chi connectivity index (χ0) is 15.1. The van der Waals surface area contributed by atoms with Crippen LogP contribution in [0, 0.1) is 6.92 Å². The second-order valence-corrected chi connectivity index (χ2v) is 5.59. The minimum Gasteiger partial charge on any atom is -0.389 e. The van der Waals surface area contributed by atoms with E-state index in [-0.39, 0.29) is 0 Å². The summed E-state index contributed by atoms with van der Waals surface area (Å²) in [5.74, 6) is 0.837. The van der Waals surface area contributed by atoms with Crippen LogP contribution in [0.25, 0.3) is 0 Å². The topological polar surface area (TPSA) is 70.5 Å². The summed E-state index contributed by atoms with van der Waals surface area (Å²) in [5.41, 5.74) is 1.95. The average molecular weight is 294 g/mol. The van der Waals surface area contributed by atoms with E-state index in [0.29, 0.717) is 19.7 Å². The first-order valence-electron chi connectivity index (χ1n) is 7.66. The van der Waals surface area contributed by atoms with Crippen molar-refractivity contribution >= 4 is 5.95 Å². The quantitative estimate of drug-likeness (QED) is 0.778. The van der Waals surface area contributed by atoms with Gasteiger partial charge in [0.2, 0.25) is 5.95 Å². The smallest absolute Gasteiger partial charge is 0.225 e. The van der Waals surface area contributed by atoms with Crippen molar-refractivity contribution in [3.63, 3.8) is 0 Å². The summed E-state index contributed by atoms with van der Waals surface area (Å²) >= 11 is 0. The lowest BCUT2D eigenvalue weighted by Crippen LogP contribution is -2.32. The highest BCUT2D eigenvalue weighted by Gasteiger charge is 2.14. The molecular weight excluding hydrogens is 268 g/mol. The van der Waals surface area contributed by atoms with E-state index in [4.69, 9.17) is 4.74 Å². The number of piperidine rings is 1. The van der Waals surface area contributed by atoms with Gasteiger partial charge in [0.05, 0.1) is 18.4 Å². The molecule has 21 heavy (non-hydrogen) atoms. The Hall–Kier alpha value is -1.24. The van der Waals surface area contributed by atoms with Crippen LogP contribution >= 0.6 is 0 Å². The first-order chi connectivity index (χ1) is 10.2. The van der Waals surface area contributed by atoms with E-state index in [1.54, 1.807) is 7.11 Å². The second kappa shape index (κ2) is 8.26. The molecule has 0 bridgehead atoms. The maximum atomic E-state index is 9.61. The maximum absolute atomic E-state index is 9.61. The third kappa shape index (κ3) is 5.22. The summed E-state index contributed by atoms with van der Waals surface area (Å²) in [7, 11) is 1.59. The third-order valence-electron chi connectivity index (χ3n) is 3.58. The van der Waals surface area contributed by atoms with E-state index in [0.717, 1.165) is 30.4 Å². The minimum absolute atomic E-state index is 0.342. The molecule has 1 aromatic heterocycles. The SMILES string of the molecule is COCC(O)CNCc1cc(C)nc(N2CCCCC2)n1. The lowest BCUT2D eigenvalue weighted by Gasteiger charge is -2.27. The van der Waals surface area contributed by atoms with Gasteiger partial charge in [-0.2, -0.15) is 0 Å². The van der Waals surface area contributed by atoms with Gasteiger partial charge in [-0.25, -0.2) is 9.97 Å². The molecule has 6 heteroatoms. The highest BCUT2D eigenvalue weighted by atomic mass is 16.5. The van der Waals surface area contributed by atoms with Crippen molar-refractivity contribution in [1.29, 1.82) is 0 Å². The highest BCUT2D eigenvalue weighted by Crippen LogP contribution is 2.16. The van der Waals surface area contributed by atoms with Gasteiger partial charge >= 0.3 is 0 Å². The van der Waals surface area contributed by atoms with E-state index in [9.17, 15) is 5.11 Å². The summed E-state index contributed by atoms with van der Waals surface area (Å²) in [6, 6.07) is 1.99. The number of hydrogen-bond acceptors (Lipinski definition) is 6. The molecule has 1 unspecified atom stereocenters. The van der Waals surface area contributed by atoms with Gasteiger partial charge < -0.3 is 20.1 Å². The fourth-order valence-electron chi connectivity index (χ4n) is 2.56. The molecule has 2 rings (SSSR count). The molecule has 0 spiro atoms.